The Morgan fingerprint density at radius 1 is 1.20 bits per heavy atom. The zero-order valence-electron chi connectivity index (χ0n) is 12.9. The molecule has 4 atom stereocenters. The lowest BCUT2D eigenvalue weighted by molar-refractivity contribution is -0.385. The predicted molar refractivity (Wildman–Crippen MR) is 81.7 cm³/mol. The summed E-state index contributed by atoms with van der Waals surface area (Å²) in [5, 5.41) is 11.2. The van der Waals surface area contributed by atoms with Gasteiger partial charge < -0.3 is 9.47 Å². The van der Waals surface area contributed by atoms with Gasteiger partial charge in [-0.1, -0.05) is 12.2 Å². The van der Waals surface area contributed by atoms with Crippen LogP contribution in [-0.2, 0) is 19.1 Å². The van der Waals surface area contributed by atoms with Crippen molar-refractivity contribution in [2.45, 2.75) is 19.1 Å². The Hall–Kier alpha value is -3.07. The number of carbonyl (C=O) groups is 3. The Morgan fingerprint density at radius 2 is 1.80 bits per heavy atom. The number of nitro groups is 1. The predicted octanol–water partition coefficient (Wildman–Crippen LogP) is 0.963. The molecule has 0 radical (unpaired) electrons. The third-order valence-electron chi connectivity index (χ3n) is 4.56. The fraction of sp³-hybridized carbons (Fsp3) is 0.312. The monoisotopic (exact) mass is 344 g/mol. The summed E-state index contributed by atoms with van der Waals surface area (Å²) >= 11 is 0. The molecule has 128 valence electrons. The lowest BCUT2D eigenvalue weighted by Gasteiger charge is -2.17. The van der Waals surface area contributed by atoms with E-state index in [1.165, 1.54) is 12.1 Å². The largest absolute Gasteiger partial charge is 0.419 e. The van der Waals surface area contributed by atoms with Crippen LogP contribution in [0.25, 0.3) is 0 Å². The Morgan fingerprint density at radius 3 is 2.32 bits per heavy atom. The van der Waals surface area contributed by atoms with Crippen molar-refractivity contribution in [2.24, 2.45) is 11.8 Å². The van der Waals surface area contributed by atoms with Crippen LogP contribution in [-0.4, -0.2) is 34.9 Å². The second-order valence-electron chi connectivity index (χ2n) is 6.02. The van der Waals surface area contributed by atoms with Crippen LogP contribution in [0.3, 0.4) is 0 Å². The highest BCUT2D eigenvalue weighted by Gasteiger charge is 2.61. The number of esters is 1. The summed E-state index contributed by atoms with van der Waals surface area (Å²) in [5.41, 5.74) is -0.422. The zero-order valence-corrected chi connectivity index (χ0v) is 12.9. The van der Waals surface area contributed by atoms with Crippen LogP contribution in [0.2, 0.25) is 0 Å². The first-order valence-electron chi connectivity index (χ1n) is 7.57. The maximum atomic E-state index is 12.7. The molecule has 4 rings (SSSR count). The van der Waals surface area contributed by atoms with Crippen molar-refractivity contribution in [3.05, 3.63) is 40.5 Å². The number of hydrogen-bond donors (Lipinski definition) is 0. The number of anilines is 1. The number of benzene rings is 1. The maximum absolute atomic E-state index is 12.7. The number of nitrogens with zero attached hydrogens (tertiary/aromatic N) is 2. The van der Waals surface area contributed by atoms with Gasteiger partial charge in [0.05, 0.1) is 34.7 Å². The van der Waals surface area contributed by atoms with E-state index in [1.54, 1.807) is 12.2 Å². The van der Waals surface area contributed by atoms with E-state index >= 15 is 0 Å². The highest BCUT2D eigenvalue weighted by molar-refractivity contribution is 6.23. The summed E-state index contributed by atoms with van der Waals surface area (Å²) in [6, 6.07) is 3.61. The van der Waals surface area contributed by atoms with Crippen LogP contribution in [0.4, 0.5) is 11.4 Å². The molecule has 0 aliphatic carbocycles. The fourth-order valence-corrected chi connectivity index (χ4v) is 3.59. The molecule has 3 heterocycles. The first-order valence-corrected chi connectivity index (χ1v) is 7.57. The molecule has 2 bridgehead atoms. The van der Waals surface area contributed by atoms with Gasteiger partial charge in [-0.3, -0.25) is 24.5 Å². The minimum atomic E-state index is -0.734. The number of carbonyl (C=O) groups excluding carboxylic acids is 3. The summed E-state index contributed by atoms with van der Waals surface area (Å²) < 4.78 is 10.3. The number of amides is 2. The molecule has 3 aliphatic rings. The van der Waals surface area contributed by atoms with Crippen LogP contribution in [0.15, 0.2) is 30.4 Å². The Labute approximate surface area is 140 Å². The fourth-order valence-electron chi connectivity index (χ4n) is 3.59. The molecular weight excluding hydrogens is 332 g/mol. The number of imide groups is 1. The Kier molecular flexibility index (Phi) is 3.22. The number of fused-ring (bicyclic) bond motifs is 5. The summed E-state index contributed by atoms with van der Waals surface area (Å²) in [6.07, 6.45) is 2.64. The van der Waals surface area contributed by atoms with E-state index in [9.17, 15) is 24.5 Å². The second kappa shape index (κ2) is 5.21. The van der Waals surface area contributed by atoms with E-state index in [4.69, 9.17) is 9.47 Å². The summed E-state index contributed by atoms with van der Waals surface area (Å²) in [4.78, 5) is 47.9. The van der Waals surface area contributed by atoms with Gasteiger partial charge in [0.1, 0.15) is 0 Å². The van der Waals surface area contributed by atoms with Gasteiger partial charge in [-0.2, -0.15) is 0 Å². The minimum Gasteiger partial charge on any atom is -0.419 e. The van der Waals surface area contributed by atoms with Crippen LogP contribution >= 0.6 is 0 Å². The van der Waals surface area contributed by atoms with Gasteiger partial charge in [-0.15, -0.1) is 0 Å². The molecule has 0 saturated carbocycles. The van der Waals surface area contributed by atoms with E-state index in [1.807, 2.05) is 0 Å². The van der Waals surface area contributed by atoms with Crippen molar-refractivity contribution in [1.29, 1.82) is 0 Å². The first-order chi connectivity index (χ1) is 11.9. The van der Waals surface area contributed by atoms with Gasteiger partial charge >= 0.3 is 11.7 Å². The molecule has 1 aromatic rings. The second-order valence-corrected chi connectivity index (χ2v) is 6.02. The first kappa shape index (κ1) is 15.5. The Balaban J connectivity index is 1.72. The minimum absolute atomic E-state index is 0.0754. The molecule has 9 nitrogen and oxygen atoms in total. The molecule has 1 aromatic carbocycles. The number of nitro benzene ring substituents is 1. The van der Waals surface area contributed by atoms with Gasteiger partial charge in [0, 0.05) is 13.0 Å². The van der Waals surface area contributed by atoms with E-state index < -0.39 is 52.4 Å². The summed E-state index contributed by atoms with van der Waals surface area (Å²) in [6.45, 7) is 1.12. The molecule has 2 fully saturated rings. The molecule has 0 spiro atoms. The molecule has 0 N–H and O–H groups in total. The quantitative estimate of drug-likeness (QED) is 0.200. The molecule has 9 heteroatoms. The third-order valence-corrected chi connectivity index (χ3v) is 4.56. The third kappa shape index (κ3) is 2.16. The van der Waals surface area contributed by atoms with Gasteiger partial charge in [0.25, 0.3) is 0 Å². The Bertz CT molecular complexity index is 832. The lowest BCUT2D eigenvalue weighted by Crippen LogP contribution is -2.34. The standard InChI is InChI=1S/C16H12N2O7/c1-7(19)24-10-3-2-8(6-9(10)18(22)23)17-15(20)13-11-4-5-12(25-11)14(13)16(17)21/h2-6,11-14H,1H3/t11-,12-,13+,14+/m1/s1. The molecule has 2 amide bonds. The van der Waals surface area contributed by atoms with Gasteiger partial charge in [0.2, 0.25) is 17.6 Å². The van der Waals surface area contributed by atoms with Crippen LogP contribution in [0.5, 0.6) is 5.75 Å². The average molecular weight is 344 g/mol. The van der Waals surface area contributed by atoms with Crippen molar-refractivity contribution < 1.29 is 28.8 Å². The van der Waals surface area contributed by atoms with Crippen LogP contribution in [0, 0.1) is 22.0 Å². The van der Waals surface area contributed by atoms with Crippen LogP contribution < -0.4 is 9.64 Å². The molecule has 0 aromatic heterocycles. The molecule has 25 heavy (non-hydrogen) atoms. The topological polar surface area (TPSA) is 116 Å². The molecule has 0 unspecified atom stereocenters. The van der Waals surface area contributed by atoms with E-state index in [0.717, 1.165) is 17.9 Å². The summed E-state index contributed by atoms with van der Waals surface area (Å²) in [5.74, 6) is -3.05. The number of ether oxygens (including phenoxy) is 2. The van der Waals surface area contributed by atoms with Gasteiger partial charge in [0.15, 0.2) is 0 Å². The highest BCUT2D eigenvalue weighted by Crippen LogP contribution is 2.47. The van der Waals surface area contributed by atoms with E-state index in [2.05, 4.69) is 0 Å². The summed E-state index contributed by atoms with van der Waals surface area (Å²) in [7, 11) is 0. The van der Waals surface area contributed by atoms with E-state index in [0.29, 0.717) is 0 Å². The number of rotatable bonds is 3. The van der Waals surface area contributed by atoms with Crippen molar-refractivity contribution in [1.82, 2.24) is 0 Å². The maximum Gasteiger partial charge on any atom is 0.313 e. The smallest absolute Gasteiger partial charge is 0.313 e. The van der Waals surface area contributed by atoms with Crippen molar-refractivity contribution in [3.63, 3.8) is 0 Å². The SMILES string of the molecule is CC(=O)Oc1ccc(N2C(=O)[C@@H]3[C@@H](C2=O)[C@H]2C=C[C@H]3O2)cc1[N+](=O)[O-]. The molecular formula is C16H12N2O7. The molecule has 3 aliphatic heterocycles. The zero-order chi connectivity index (χ0) is 17.9. The molecule has 2 saturated heterocycles. The average Bonchev–Trinajstić information content (AvgIpc) is 3.21. The normalized spacial score (nSPS) is 29.2. The highest BCUT2D eigenvalue weighted by atomic mass is 16.6. The van der Waals surface area contributed by atoms with Gasteiger partial charge in [-0.05, 0) is 12.1 Å². The lowest BCUT2D eigenvalue weighted by atomic mass is 9.85. The van der Waals surface area contributed by atoms with Crippen molar-refractivity contribution in [2.75, 3.05) is 4.90 Å². The van der Waals surface area contributed by atoms with Gasteiger partial charge in [-0.25, -0.2) is 4.90 Å². The van der Waals surface area contributed by atoms with E-state index in [-0.39, 0.29) is 11.4 Å². The number of hydrogen-bond acceptors (Lipinski definition) is 7. The van der Waals surface area contributed by atoms with Crippen molar-refractivity contribution >= 4 is 29.2 Å². The van der Waals surface area contributed by atoms with Crippen LogP contribution in [0.1, 0.15) is 6.92 Å². The van der Waals surface area contributed by atoms with Crippen molar-refractivity contribution in [3.8, 4) is 5.75 Å².